The van der Waals surface area contributed by atoms with Crippen LogP contribution in [-0.2, 0) is 27.8 Å². The van der Waals surface area contributed by atoms with Crippen LogP contribution in [0.3, 0.4) is 0 Å². The van der Waals surface area contributed by atoms with Gasteiger partial charge in [-0.3, -0.25) is 9.10 Å². The van der Waals surface area contributed by atoms with Crippen LogP contribution >= 0.6 is 0 Å². The third-order valence-corrected chi connectivity index (χ3v) is 6.90. The van der Waals surface area contributed by atoms with Crippen LogP contribution in [0.1, 0.15) is 18.1 Å². The maximum Gasteiger partial charge on any atom is 0.264 e. The first kappa shape index (κ1) is 19.2. The van der Waals surface area contributed by atoms with Crippen molar-refractivity contribution in [3.8, 4) is 0 Å². The summed E-state index contributed by atoms with van der Waals surface area (Å²) in [6.07, 6.45) is 0.655. The summed E-state index contributed by atoms with van der Waals surface area (Å²) < 4.78 is 28.6. The lowest BCUT2D eigenvalue weighted by Crippen LogP contribution is -2.30. The van der Waals surface area contributed by atoms with Gasteiger partial charge >= 0.3 is 0 Å². The summed E-state index contributed by atoms with van der Waals surface area (Å²) in [5.41, 5.74) is 3.20. The normalized spacial score (nSPS) is 13.2. The minimum Gasteiger partial charge on any atom is -0.312 e. The molecule has 0 N–H and O–H groups in total. The molecule has 1 heterocycles. The van der Waals surface area contributed by atoms with Crippen LogP contribution in [0.5, 0.6) is 0 Å². The van der Waals surface area contributed by atoms with E-state index in [1.54, 1.807) is 35.2 Å². The fourth-order valence-corrected chi connectivity index (χ4v) is 5.16. The highest BCUT2D eigenvalue weighted by Crippen LogP contribution is 2.33. The molecule has 1 aliphatic rings. The number of benzene rings is 3. The lowest BCUT2D eigenvalue weighted by molar-refractivity contribution is -0.116. The number of carbonyl (C=O) groups is 1. The second kappa shape index (κ2) is 7.72. The summed E-state index contributed by atoms with van der Waals surface area (Å²) >= 11 is 0. The zero-order chi connectivity index (χ0) is 20.4. The van der Waals surface area contributed by atoms with E-state index in [1.165, 1.54) is 11.2 Å². The van der Waals surface area contributed by atoms with Crippen molar-refractivity contribution in [1.82, 2.24) is 0 Å². The third-order valence-electron chi connectivity index (χ3n) is 5.13. The molecule has 3 aromatic carbocycles. The second-order valence-electron chi connectivity index (χ2n) is 7.04. The first-order chi connectivity index (χ1) is 14.0. The smallest absolute Gasteiger partial charge is 0.264 e. The summed E-state index contributed by atoms with van der Waals surface area (Å²) in [5, 5.41) is 0. The van der Waals surface area contributed by atoms with E-state index in [2.05, 4.69) is 0 Å². The van der Waals surface area contributed by atoms with Gasteiger partial charge in [0.1, 0.15) is 0 Å². The number of carbonyl (C=O) groups excluding carboxylic acids is 1. The van der Waals surface area contributed by atoms with Crippen LogP contribution in [0.25, 0.3) is 0 Å². The van der Waals surface area contributed by atoms with Gasteiger partial charge < -0.3 is 4.90 Å². The van der Waals surface area contributed by atoms with Gasteiger partial charge in [-0.05, 0) is 47.9 Å². The predicted octanol–water partition coefficient (Wildman–Crippen LogP) is 3.99. The van der Waals surface area contributed by atoms with Gasteiger partial charge in [-0.2, -0.15) is 0 Å². The fraction of sp³-hybridized carbons (Fsp3) is 0.174. The van der Waals surface area contributed by atoms with Crippen LogP contribution in [0.4, 0.5) is 11.4 Å². The van der Waals surface area contributed by atoms with E-state index in [0.29, 0.717) is 18.7 Å². The van der Waals surface area contributed by atoms with Crippen LogP contribution < -0.4 is 9.21 Å². The Morgan fingerprint density at radius 3 is 2.28 bits per heavy atom. The molecule has 6 heteroatoms. The molecule has 0 atom stereocenters. The molecule has 148 valence electrons. The van der Waals surface area contributed by atoms with E-state index in [0.717, 1.165) is 16.8 Å². The molecule has 3 aromatic rings. The van der Waals surface area contributed by atoms with Gasteiger partial charge in [-0.15, -0.1) is 0 Å². The Balaban J connectivity index is 1.75. The quantitative estimate of drug-likeness (QED) is 0.644. The Kier molecular flexibility index (Phi) is 5.11. The molecule has 0 aromatic heterocycles. The Labute approximate surface area is 171 Å². The van der Waals surface area contributed by atoms with Gasteiger partial charge in [0, 0.05) is 19.2 Å². The van der Waals surface area contributed by atoms with Crippen LogP contribution in [0.15, 0.2) is 83.8 Å². The summed E-state index contributed by atoms with van der Waals surface area (Å²) in [7, 11) is -3.78. The second-order valence-corrected chi connectivity index (χ2v) is 8.91. The van der Waals surface area contributed by atoms with Gasteiger partial charge in [0.05, 0.1) is 17.1 Å². The maximum absolute atomic E-state index is 13.6. The Morgan fingerprint density at radius 1 is 0.966 bits per heavy atom. The Hall–Kier alpha value is -3.12. The number of amides is 1. The number of rotatable bonds is 5. The average Bonchev–Trinajstić information content (AvgIpc) is 3.17. The molecule has 0 bridgehead atoms. The van der Waals surface area contributed by atoms with E-state index in [9.17, 15) is 13.2 Å². The standard InChI is InChI=1S/C23H22N2O3S/c1-18(26)24-15-14-20-16-22(12-13-23(20)24)29(27,28)25(21-10-6-3-7-11-21)17-19-8-4-2-5-9-19/h2-13,16H,14-15,17H2,1H3. The molecule has 0 saturated heterocycles. The first-order valence-electron chi connectivity index (χ1n) is 9.49. The van der Waals surface area contributed by atoms with Crippen LogP contribution in [0.2, 0.25) is 0 Å². The number of anilines is 2. The van der Waals surface area contributed by atoms with Crippen molar-refractivity contribution in [3.05, 3.63) is 90.0 Å². The molecule has 29 heavy (non-hydrogen) atoms. The molecule has 0 radical (unpaired) electrons. The van der Waals surface area contributed by atoms with E-state index in [4.69, 9.17) is 0 Å². The number of fused-ring (bicyclic) bond motifs is 1. The summed E-state index contributed by atoms with van der Waals surface area (Å²) in [6.45, 7) is 2.35. The SMILES string of the molecule is CC(=O)N1CCc2cc(S(=O)(=O)N(Cc3ccccc3)c3ccccc3)ccc21. The molecule has 0 spiro atoms. The fourth-order valence-electron chi connectivity index (χ4n) is 3.65. The predicted molar refractivity (Wildman–Crippen MR) is 114 cm³/mol. The van der Waals surface area contributed by atoms with Crippen molar-refractivity contribution < 1.29 is 13.2 Å². The Morgan fingerprint density at radius 2 is 1.62 bits per heavy atom. The molecule has 0 aliphatic carbocycles. The number of para-hydroxylation sites is 1. The molecule has 0 fully saturated rings. The number of sulfonamides is 1. The summed E-state index contributed by atoms with van der Waals surface area (Å²) in [4.78, 5) is 13.7. The van der Waals surface area contributed by atoms with Crippen molar-refractivity contribution in [2.24, 2.45) is 0 Å². The van der Waals surface area contributed by atoms with Crippen molar-refractivity contribution in [2.45, 2.75) is 24.8 Å². The minimum absolute atomic E-state index is 0.0330. The maximum atomic E-state index is 13.6. The largest absolute Gasteiger partial charge is 0.312 e. The van der Waals surface area contributed by atoms with Crippen LogP contribution in [0, 0.1) is 0 Å². The average molecular weight is 407 g/mol. The van der Waals surface area contributed by atoms with Gasteiger partial charge in [-0.25, -0.2) is 8.42 Å². The highest BCUT2D eigenvalue weighted by molar-refractivity contribution is 7.92. The van der Waals surface area contributed by atoms with Crippen molar-refractivity contribution in [3.63, 3.8) is 0 Å². The molecular formula is C23H22N2O3S. The minimum atomic E-state index is -3.78. The third kappa shape index (κ3) is 3.76. The number of hydrogen-bond acceptors (Lipinski definition) is 3. The molecule has 1 aliphatic heterocycles. The van der Waals surface area contributed by atoms with E-state index < -0.39 is 10.0 Å². The first-order valence-corrected chi connectivity index (χ1v) is 10.9. The van der Waals surface area contributed by atoms with Crippen molar-refractivity contribution in [2.75, 3.05) is 15.7 Å². The molecule has 5 nitrogen and oxygen atoms in total. The molecule has 0 unspecified atom stereocenters. The number of hydrogen-bond donors (Lipinski definition) is 0. The Bertz CT molecular complexity index is 1130. The molecule has 4 rings (SSSR count). The van der Waals surface area contributed by atoms with Gasteiger partial charge in [0.2, 0.25) is 5.91 Å². The monoisotopic (exact) mass is 406 g/mol. The summed E-state index contributed by atoms with van der Waals surface area (Å²) in [5.74, 6) is -0.0330. The van der Waals surface area contributed by atoms with Gasteiger partial charge in [0.25, 0.3) is 10.0 Å². The lowest BCUT2D eigenvalue weighted by Gasteiger charge is -2.25. The van der Waals surface area contributed by atoms with Crippen molar-refractivity contribution >= 4 is 27.3 Å². The number of nitrogens with zero attached hydrogens (tertiary/aromatic N) is 2. The van der Waals surface area contributed by atoms with Gasteiger partial charge in [-0.1, -0.05) is 48.5 Å². The van der Waals surface area contributed by atoms with Gasteiger partial charge in [0.15, 0.2) is 0 Å². The van der Waals surface area contributed by atoms with Crippen molar-refractivity contribution in [1.29, 1.82) is 0 Å². The molecule has 0 saturated carbocycles. The van der Waals surface area contributed by atoms with Crippen LogP contribution in [-0.4, -0.2) is 20.9 Å². The summed E-state index contributed by atoms with van der Waals surface area (Å²) in [6, 6.07) is 23.7. The highest BCUT2D eigenvalue weighted by atomic mass is 32.2. The van der Waals surface area contributed by atoms with E-state index in [1.807, 2.05) is 48.5 Å². The topological polar surface area (TPSA) is 57.7 Å². The van der Waals surface area contributed by atoms with E-state index >= 15 is 0 Å². The lowest BCUT2D eigenvalue weighted by atomic mass is 10.2. The highest BCUT2D eigenvalue weighted by Gasteiger charge is 2.29. The van der Waals surface area contributed by atoms with E-state index in [-0.39, 0.29) is 17.3 Å². The zero-order valence-electron chi connectivity index (χ0n) is 16.2. The molecular weight excluding hydrogens is 384 g/mol. The zero-order valence-corrected chi connectivity index (χ0v) is 17.0. The molecule has 1 amide bonds.